The molecular formula is C13H29IN4. The van der Waals surface area contributed by atoms with Crippen molar-refractivity contribution in [2.75, 3.05) is 32.7 Å². The second-order valence-electron chi connectivity index (χ2n) is 4.96. The quantitative estimate of drug-likeness (QED) is 0.313. The second-order valence-corrected chi connectivity index (χ2v) is 4.96. The van der Waals surface area contributed by atoms with Crippen LogP contribution in [-0.2, 0) is 0 Å². The molecular weight excluding hydrogens is 339 g/mol. The van der Waals surface area contributed by atoms with Crippen LogP contribution in [-0.4, -0.2) is 43.6 Å². The number of nitrogens with one attached hydrogen (secondary N) is 1. The molecule has 0 aliphatic carbocycles. The monoisotopic (exact) mass is 368 g/mol. The van der Waals surface area contributed by atoms with Crippen LogP contribution in [0.15, 0.2) is 4.99 Å². The zero-order valence-corrected chi connectivity index (χ0v) is 14.2. The van der Waals surface area contributed by atoms with Gasteiger partial charge >= 0.3 is 0 Å². The Balaban J connectivity index is 0.00000289. The van der Waals surface area contributed by atoms with Crippen LogP contribution in [0.1, 0.15) is 39.5 Å². The Morgan fingerprint density at radius 1 is 1.39 bits per heavy atom. The van der Waals surface area contributed by atoms with Gasteiger partial charge in [-0.1, -0.05) is 20.3 Å². The van der Waals surface area contributed by atoms with Crippen molar-refractivity contribution in [1.82, 2.24) is 10.2 Å². The lowest BCUT2D eigenvalue weighted by Crippen LogP contribution is -2.33. The fourth-order valence-electron chi connectivity index (χ4n) is 2.26. The molecule has 0 amide bonds. The van der Waals surface area contributed by atoms with Gasteiger partial charge in [0.2, 0.25) is 0 Å². The van der Waals surface area contributed by atoms with Crippen molar-refractivity contribution < 1.29 is 0 Å². The molecule has 0 bridgehead atoms. The van der Waals surface area contributed by atoms with E-state index in [2.05, 4.69) is 29.1 Å². The van der Waals surface area contributed by atoms with Crippen molar-refractivity contribution in [3.05, 3.63) is 0 Å². The number of halogens is 1. The highest BCUT2D eigenvalue weighted by atomic mass is 127. The van der Waals surface area contributed by atoms with E-state index in [0.717, 1.165) is 19.5 Å². The maximum absolute atomic E-state index is 5.81. The minimum absolute atomic E-state index is 0. The number of unbranched alkanes of at least 4 members (excludes halogenated alkanes) is 1. The van der Waals surface area contributed by atoms with E-state index in [0.29, 0.717) is 11.9 Å². The molecule has 0 aromatic carbocycles. The summed E-state index contributed by atoms with van der Waals surface area (Å²) in [6.07, 6.45) is 4.86. The molecule has 3 N–H and O–H groups in total. The zero-order chi connectivity index (χ0) is 12.5. The summed E-state index contributed by atoms with van der Waals surface area (Å²) in [5.41, 5.74) is 5.81. The van der Waals surface area contributed by atoms with Gasteiger partial charge < -0.3 is 16.0 Å². The summed E-state index contributed by atoms with van der Waals surface area (Å²) in [7, 11) is 0. The molecule has 4 nitrogen and oxygen atoms in total. The molecule has 0 aromatic rings. The van der Waals surface area contributed by atoms with Crippen LogP contribution in [0.5, 0.6) is 0 Å². The van der Waals surface area contributed by atoms with Crippen molar-refractivity contribution in [1.29, 1.82) is 0 Å². The van der Waals surface area contributed by atoms with E-state index < -0.39 is 0 Å². The van der Waals surface area contributed by atoms with Gasteiger partial charge in [0.25, 0.3) is 0 Å². The number of guanidine groups is 1. The van der Waals surface area contributed by atoms with Crippen molar-refractivity contribution in [2.24, 2.45) is 16.6 Å². The highest BCUT2D eigenvalue weighted by Crippen LogP contribution is 2.16. The second kappa shape index (κ2) is 10.8. The molecule has 1 heterocycles. The van der Waals surface area contributed by atoms with E-state index in [9.17, 15) is 0 Å². The number of hydrogen-bond donors (Lipinski definition) is 2. The van der Waals surface area contributed by atoms with Crippen molar-refractivity contribution in [3.8, 4) is 0 Å². The summed E-state index contributed by atoms with van der Waals surface area (Å²) in [5, 5.41) is 3.16. The molecule has 0 radical (unpaired) electrons. The molecule has 108 valence electrons. The standard InChI is InChI=1S/C13H28N4.HI/c1-3-5-7-15-13(14)16-10-12-6-9-17(11-12)8-4-2;/h12H,3-11H2,1-2H3,(H3,14,15,16);1H. The molecule has 1 aliphatic rings. The molecule has 1 saturated heterocycles. The predicted octanol–water partition coefficient (Wildman–Crippen LogP) is 2.04. The van der Waals surface area contributed by atoms with Gasteiger partial charge in [-0.3, -0.25) is 4.99 Å². The molecule has 1 aliphatic heterocycles. The molecule has 18 heavy (non-hydrogen) atoms. The Bertz CT molecular complexity index is 233. The molecule has 1 atom stereocenters. The van der Waals surface area contributed by atoms with Gasteiger partial charge in [-0.05, 0) is 38.3 Å². The first-order valence-corrected chi connectivity index (χ1v) is 7.02. The third-order valence-electron chi connectivity index (χ3n) is 3.27. The van der Waals surface area contributed by atoms with Crippen LogP contribution >= 0.6 is 24.0 Å². The summed E-state index contributed by atoms with van der Waals surface area (Å²) in [5.74, 6) is 1.32. The molecule has 1 fully saturated rings. The number of nitrogens with two attached hydrogens (primary N) is 1. The number of rotatable bonds is 7. The highest BCUT2D eigenvalue weighted by Gasteiger charge is 2.21. The first-order valence-electron chi connectivity index (χ1n) is 7.02. The average Bonchev–Trinajstić information content (AvgIpc) is 2.75. The number of hydrogen-bond acceptors (Lipinski definition) is 2. The summed E-state index contributed by atoms with van der Waals surface area (Å²) in [6.45, 7) is 9.89. The third kappa shape index (κ3) is 7.41. The van der Waals surface area contributed by atoms with Gasteiger partial charge in [-0.15, -0.1) is 24.0 Å². The van der Waals surface area contributed by atoms with Gasteiger partial charge in [0.05, 0.1) is 0 Å². The van der Waals surface area contributed by atoms with E-state index in [1.54, 1.807) is 0 Å². The van der Waals surface area contributed by atoms with Gasteiger partial charge in [0, 0.05) is 19.6 Å². The lowest BCUT2D eigenvalue weighted by Gasteiger charge is -2.13. The summed E-state index contributed by atoms with van der Waals surface area (Å²) in [4.78, 5) is 6.96. The molecule has 0 spiro atoms. The SMILES string of the molecule is CCCCNC(N)=NCC1CCN(CCC)C1.I. The van der Waals surface area contributed by atoms with Crippen LogP contribution < -0.4 is 11.1 Å². The minimum Gasteiger partial charge on any atom is -0.370 e. The predicted molar refractivity (Wildman–Crippen MR) is 89.7 cm³/mol. The van der Waals surface area contributed by atoms with Crippen LogP contribution in [0.4, 0.5) is 0 Å². The average molecular weight is 368 g/mol. The summed E-state index contributed by atoms with van der Waals surface area (Å²) in [6, 6.07) is 0. The Labute approximate surface area is 129 Å². The van der Waals surface area contributed by atoms with E-state index >= 15 is 0 Å². The maximum atomic E-state index is 5.81. The Kier molecular flexibility index (Phi) is 10.8. The number of aliphatic imine (C=N–C) groups is 1. The van der Waals surface area contributed by atoms with Gasteiger partial charge in [-0.2, -0.15) is 0 Å². The largest absolute Gasteiger partial charge is 0.370 e. The Hall–Kier alpha value is -0.0400. The number of likely N-dealkylation sites (tertiary alicyclic amines) is 1. The molecule has 0 saturated carbocycles. The molecule has 0 aromatic heterocycles. The first kappa shape index (κ1) is 18.0. The summed E-state index contributed by atoms with van der Waals surface area (Å²) < 4.78 is 0. The molecule has 1 unspecified atom stereocenters. The van der Waals surface area contributed by atoms with Gasteiger partial charge in [0.15, 0.2) is 5.96 Å². The van der Waals surface area contributed by atoms with E-state index in [1.807, 2.05) is 0 Å². The van der Waals surface area contributed by atoms with E-state index in [1.165, 1.54) is 38.9 Å². The van der Waals surface area contributed by atoms with Crippen LogP contribution in [0.2, 0.25) is 0 Å². The lowest BCUT2D eigenvalue weighted by atomic mass is 10.1. The fourth-order valence-corrected chi connectivity index (χ4v) is 2.26. The van der Waals surface area contributed by atoms with Crippen LogP contribution in [0.3, 0.4) is 0 Å². The normalized spacial score (nSPS) is 20.8. The highest BCUT2D eigenvalue weighted by molar-refractivity contribution is 14.0. The van der Waals surface area contributed by atoms with Gasteiger partial charge in [0.1, 0.15) is 0 Å². The fraction of sp³-hybridized carbons (Fsp3) is 0.923. The summed E-state index contributed by atoms with van der Waals surface area (Å²) >= 11 is 0. The lowest BCUT2D eigenvalue weighted by molar-refractivity contribution is 0.326. The van der Waals surface area contributed by atoms with Gasteiger partial charge in [-0.25, -0.2) is 0 Å². The maximum Gasteiger partial charge on any atom is 0.188 e. The first-order chi connectivity index (χ1) is 8.26. The van der Waals surface area contributed by atoms with Crippen molar-refractivity contribution in [3.63, 3.8) is 0 Å². The smallest absolute Gasteiger partial charge is 0.188 e. The van der Waals surface area contributed by atoms with Crippen molar-refractivity contribution in [2.45, 2.75) is 39.5 Å². The zero-order valence-electron chi connectivity index (χ0n) is 11.8. The molecule has 5 heteroatoms. The molecule has 1 rings (SSSR count). The Morgan fingerprint density at radius 3 is 2.83 bits per heavy atom. The minimum atomic E-state index is 0. The third-order valence-corrected chi connectivity index (χ3v) is 3.27. The number of nitrogens with zero attached hydrogens (tertiary/aromatic N) is 2. The van der Waals surface area contributed by atoms with Crippen LogP contribution in [0.25, 0.3) is 0 Å². The topological polar surface area (TPSA) is 53.6 Å². The van der Waals surface area contributed by atoms with E-state index in [4.69, 9.17) is 5.73 Å². The Morgan fingerprint density at radius 2 is 2.17 bits per heavy atom. The van der Waals surface area contributed by atoms with Crippen molar-refractivity contribution >= 4 is 29.9 Å². The van der Waals surface area contributed by atoms with E-state index in [-0.39, 0.29) is 24.0 Å². The van der Waals surface area contributed by atoms with Crippen LogP contribution in [0, 0.1) is 5.92 Å².